The predicted octanol–water partition coefficient (Wildman–Crippen LogP) is 5.90. The van der Waals surface area contributed by atoms with Crippen molar-refractivity contribution in [2.45, 2.75) is 27.2 Å². The van der Waals surface area contributed by atoms with E-state index >= 15 is 0 Å². The Morgan fingerprint density at radius 1 is 1.18 bits per heavy atom. The monoisotopic (exact) mass is 479 g/mol. The Balaban J connectivity index is 1.64. The van der Waals surface area contributed by atoms with Crippen LogP contribution in [0.15, 0.2) is 58.4 Å². The molecule has 1 saturated heterocycles. The van der Waals surface area contributed by atoms with Gasteiger partial charge >= 0.3 is 5.97 Å². The van der Waals surface area contributed by atoms with Gasteiger partial charge in [-0.05, 0) is 85.6 Å². The number of thioether (sulfide) groups is 1. The fourth-order valence-electron chi connectivity index (χ4n) is 3.69. The molecule has 6 nitrogen and oxygen atoms in total. The molecule has 0 saturated carbocycles. The van der Waals surface area contributed by atoms with Crippen LogP contribution in [0.4, 0.5) is 5.69 Å². The van der Waals surface area contributed by atoms with E-state index in [0.717, 1.165) is 29.1 Å². The number of benzene rings is 2. The molecule has 8 heteroatoms. The molecule has 1 aliphatic heterocycles. The lowest BCUT2D eigenvalue weighted by Crippen LogP contribution is -2.19. The number of amides is 1. The fraction of sp³-hybridized carbons (Fsp3) is 0.160. The van der Waals surface area contributed by atoms with E-state index in [0.29, 0.717) is 15.8 Å². The summed E-state index contributed by atoms with van der Waals surface area (Å²) in [7, 11) is 0. The Kier molecular flexibility index (Phi) is 6.44. The number of aromatic carboxylic acids is 1. The highest BCUT2D eigenvalue weighted by Gasteiger charge is 2.25. The van der Waals surface area contributed by atoms with Gasteiger partial charge < -0.3 is 15.0 Å². The number of aliphatic imine (C=N–C) groups is 1. The number of hydrogen-bond donors (Lipinski definition) is 2. The second kappa shape index (κ2) is 9.29. The molecule has 2 N–H and O–H groups in total. The smallest absolute Gasteiger partial charge is 0.337 e. The van der Waals surface area contributed by atoms with Crippen LogP contribution in [0, 0.1) is 13.8 Å². The van der Waals surface area contributed by atoms with Crippen molar-refractivity contribution in [1.82, 2.24) is 9.88 Å². The number of rotatable bonds is 5. The number of hydrogen-bond acceptors (Lipinski definition) is 4. The predicted molar refractivity (Wildman–Crippen MR) is 134 cm³/mol. The number of aryl methyl sites for hydroxylation is 2. The maximum absolute atomic E-state index is 12.5. The molecule has 0 atom stereocenters. The van der Waals surface area contributed by atoms with Gasteiger partial charge in [-0.2, -0.15) is 0 Å². The SMILES string of the molecule is CCc1ccc(N=C2NC(=O)/C(=C/c3cc(C)n(-c4ccc(Cl)c(C(=O)O)c4)c3C)S2)cc1. The Morgan fingerprint density at radius 2 is 1.91 bits per heavy atom. The minimum Gasteiger partial charge on any atom is -0.478 e. The standard InChI is InChI=1S/C25H22ClN3O3S/c1-4-16-5-7-18(8-6-16)27-25-28-23(30)22(33-25)12-17-11-14(2)29(15(17)3)19-9-10-21(26)20(13-19)24(31)32/h5-13H,4H2,1-3H3,(H,31,32)(H,27,28,30)/b22-12-. The molecule has 1 aromatic heterocycles. The quantitative estimate of drug-likeness (QED) is 0.446. The molecule has 3 aromatic rings. The lowest BCUT2D eigenvalue weighted by molar-refractivity contribution is -0.115. The van der Waals surface area contributed by atoms with E-state index < -0.39 is 5.97 Å². The number of nitrogens with one attached hydrogen (secondary N) is 1. The third kappa shape index (κ3) is 4.74. The maximum Gasteiger partial charge on any atom is 0.337 e. The third-order valence-electron chi connectivity index (χ3n) is 5.42. The maximum atomic E-state index is 12.5. The molecule has 0 spiro atoms. The first-order valence-corrected chi connectivity index (χ1v) is 11.6. The van der Waals surface area contributed by atoms with Crippen LogP contribution in [0.5, 0.6) is 0 Å². The van der Waals surface area contributed by atoms with E-state index in [1.54, 1.807) is 18.2 Å². The van der Waals surface area contributed by atoms with Gasteiger partial charge in [0.05, 0.1) is 21.2 Å². The van der Waals surface area contributed by atoms with Crippen LogP contribution in [0.3, 0.4) is 0 Å². The number of carboxylic acids is 1. The van der Waals surface area contributed by atoms with Crippen molar-refractivity contribution in [3.63, 3.8) is 0 Å². The van der Waals surface area contributed by atoms with E-state index in [1.807, 2.05) is 54.8 Å². The second-order valence-corrected chi connectivity index (χ2v) is 9.07. The van der Waals surface area contributed by atoms with Crippen molar-refractivity contribution < 1.29 is 14.7 Å². The van der Waals surface area contributed by atoms with Crippen molar-refractivity contribution >= 4 is 52.2 Å². The van der Waals surface area contributed by atoms with Crippen molar-refractivity contribution in [3.05, 3.63) is 86.5 Å². The summed E-state index contributed by atoms with van der Waals surface area (Å²) >= 11 is 7.31. The van der Waals surface area contributed by atoms with Gasteiger partial charge in [0.2, 0.25) is 0 Å². The van der Waals surface area contributed by atoms with E-state index in [1.165, 1.54) is 17.3 Å². The summed E-state index contributed by atoms with van der Waals surface area (Å²) in [6.45, 7) is 5.95. The normalized spacial score (nSPS) is 15.9. The first-order valence-electron chi connectivity index (χ1n) is 10.4. The summed E-state index contributed by atoms with van der Waals surface area (Å²) in [5.74, 6) is -1.28. The molecule has 2 aromatic carbocycles. The van der Waals surface area contributed by atoms with Gasteiger partial charge in [-0.1, -0.05) is 30.7 Å². The molecule has 1 amide bonds. The van der Waals surface area contributed by atoms with Gasteiger partial charge in [0.25, 0.3) is 5.91 Å². The Labute approximate surface area is 201 Å². The molecule has 0 radical (unpaired) electrons. The van der Waals surface area contributed by atoms with Crippen LogP contribution in [0.25, 0.3) is 11.8 Å². The highest BCUT2D eigenvalue weighted by atomic mass is 35.5. The van der Waals surface area contributed by atoms with E-state index in [2.05, 4.69) is 17.2 Å². The van der Waals surface area contributed by atoms with Crippen molar-refractivity contribution in [2.24, 2.45) is 4.99 Å². The summed E-state index contributed by atoms with van der Waals surface area (Å²) in [6, 6.07) is 14.8. The minimum absolute atomic E-state index is 0.0418. The van der Waals surface area contributed by atoms with Crippen LogP contribution in [0.2, 0.25) is 5.02 Å². The van der Waals surface area contributed by atoms with Crippen LogP contribution in [0.1, 0.15) is 39.8 Å². The van der Waals surface area contributed by atoms with Crippen LogP contribution in [-0.2, 0) is 11.2 Å². The van der Waals surface area contributed by atoms with Gasteiger partial charge in [-0.25, -0.2) is 9.79 Å². The number of amidine groups is 1. The zero-order valence-corrected chi connectivity index (χ0v) is 19.9. The largest absolute Gasteiger partial charge is 0.478 e. The van der Waals surface area contributed by atoms with E-state index in [9.17, 15) is 14.7 Å². The Bertz CT molecular complexity index is 1320. The van der Waals surface area contributed by atoms with E-state index in [4.69, 9.17) is 11.6 Å². The molecule has 1 fully saturated rings. The molecule has 1 aliphatic rings. The Morgan fingerprint density at radius 3 is 2.58 bits per heavy atom. The zero-order valence-electron chi connectivity index (χ0n) is 18.3. The first kappa shape index (κ1) is 22.9. The van der Waals surface area contributed by atoms with Crippen LogP contribution < -0.4 is 5.32 Å². The number of aromatic nitrogens is 1. The number of carbonyl (C=O) groups excluding carboxylic acids is 1. The summed E-state index contributed by atoms with van der Waals surface area (Å²) in [6.07, 6.45) is 2.79. The van der Waals surface area contributed by atoms with Gasteiger partial charge in [0.15, 0.2) is 5.17 Å². The lowest BCUT2D eigenvalue weighted by atomic mass is 10.2. The molecule has 4 rings (SSSR count). The number of carbonyl (C=O) groups is 2. The van der Waals surface area contributed by atoms with Gasteiger partial charge in [0, 0.05) is 17.1 Å². The molecular formula is C25H22ClN3O3S. The summed E-state index contributed by atoms with van der Waals surface area (Å²) in [5.41, 5.74) is 5.41. The average molecular weight is 480 g/mol. The summed E-state index contributed by atoms with van der Waals surface area (Å²) < 4.78 is 1.94. The third-order valence-corrected chi connectivity index (χ3v) is 6.66. The minimum atomic E-state index is -1.08. The highest BCUT2D eigenvalue weighted by Crippen LogP contribution is 2.31. The van der Waals surface area contributed by atoms with Gasteiger partial charge in [-0.3, -0.25) is 4.79 Å². The zero-order chi connectivity index (χ0) is 23.7. The summed E-state index contributed by atoms with van der Waals surface area (Å²) in [4.78, 5) is 29.1. The van der Waals surface area contributed by atoms with Crippen molar-refractivity contribution in [3.8, 4) is 5.69 Å². The number of halogens is 1. The molecule has 168 valence electrons. The van der Waals surface area contributed by atoms with Crippen molar-refractivity contribution in [2.75, 3.05) is 0 Å². The molecule has 33 heavy (non-hydrogen) atoms. The lowest BCUT2D eigenvalue weighted by Gasteiger charge is -2.11. The van der Waals surface area contributed by atoms with Gasteiger partial charge in [0.1, 0.15) is 0 Å². The molecule has 0 unspecified atom stereocenters. The molecule has 2 heterocycles. The van der Waals surface area contributed by atoms with Crippen LogP contribution in [-0.4, -0.2) is 26.7 Å². The second-order valence-electron chi connectivity index (χ2n) is 7.63. The topological polar surface area (TPSA) is 83.7 Å². The molecule has 0 bridgehead atoms. The fourth-order valence-corrected chi connectivity index (χ4v) is 4.72. The van der Waals surface area contributed by atoms with Gasteiger partial charge in [-0.15, -0.1) is 0 Å². The molecular weight excluding hydrogens is 458 g/mol. The number of carboxylic acid groups (broad SMARTS) is 1. The van der Waals surface area contributed by atoms with Crippen LogP contribution >= 0.6 is 23.4 Å². The van der Waals surface area contributed by atoms with Crippen molar-refractivity contribution in [1.29, 1.82) is 0 Å². The molecule has 0 aliphatic carbocycles. The summed E-state index contributed by atoms with van der Waals surface area (Å²) in [5, 5.41) is 12.9. The number of nitrogens with zero attached hydrogens (tertiary/aromatic N) is 2. The Hall–Kier alpha value is -3.29. The average Bonchev–Trinajstić information content (AvgIpc) is 3.26. The van der Waals surface area contributed by atoms with E-state index in [-0.39, 0.29) is 16.5 Å². The highest BCUT2D eigenvalue weighted by molar-refractivity contribution is 8.18. The first-order chi connectivity index (χ1) is 15.8.